The maximum absolute atomic E-state index is 13.2. The number of carbonyl (C=O) groups is 2. The van der Waals surface area contributed by atoms with Gasteiger partial charge in [0.25, 0.3) is 0 Å². The second-order valence-corrected chi connectivity index (χ2v) is 9.37. The predicted molar refractivity (Wildman–Crippen MR) is 90.6 cm³/mol. The van der Waals surface area contributed by atoms with Crippen molar-refractivity contribution in [3.05, 3.63) is 6.42 Å². The van der Waals surface area contributed by atoms with E-state index in [1.54, 1.807) is 6.92 Å². The monoisotopic (exact) mass is 315 g/mol. The van der Waals surface area contributed by atoms with Crippen LogP contribution in [0.3, 0.4) is 0 Å². The van der Waals surface area contributed by atoms with Crippen LogP contribution in [0.2, 0.25) is 0 Å². The first-order chi connectivity index (χ1) is 10.9. The minimum absolute atomic E-state index is 0.00818. The zero-order valence-corrected chi connectivity index (χ0v) is 14.9. The third kappa shape index (κ3) is 1.99. The summed E-state index contributed by atoms with van der Waals surface area (Å²) >= 11 is 0. The van der Waals surface area contributed by atoms with E-state index >= 15 is 0 Å². The number of rotatable bonds is 1. The fourth-order valence-corrected chi connectivity index (χ4v) is 7.40. The summed E-state index contributed by atoms with van der Waals surface area (Å²) in [4.78, 5) is 25.4. The van der Waals surface area contributed by atoms with Crippen LogP contribution in [0.1, 0.15) is 72.1 Å². The highest BCUT2D eigenvalue weighted by molar-refractivity contribution is 5.93. The Morgan fingerprint density at radius 1 is 1.13 bits per heavy atom. The summed E-state index contributed by atoms with van der Waals surface area (Å²) in [6.07, 6.45) is 11.6. The number of ketones is 2. The molecule has 1 radical (unpaired) electrons. The molecule has 0 heterocycles. The molecule has 0 aromatic rings. The minimum Gasteiger partial charge on any atom is -0.300 e. The van der Waals surface area contributed by atoms with Gasteiger partial charge in [-0.05, 0) is 87.4 Å². The lowest BCUT2D eigenvalue weighted by Crippen LogP contribution is -2.56. The first-order valence-electron chi connectivity index (χ1n) is 9.74. The normalized spacial score (nSPS) is 52.5. The lowest BCUT2D eigenvalue weighted by Gasteiger charge is -2.59. The Labute approximate surface area is 140 Å². The van der Waals surface area contributed by atoms with E-state index in [-0.39, 0.29) is 17.1 Å². The number of hydrogen-bond acceptors (Lipinski definition) is 2. The van der Waals surface area contributed by atoms with Crippen LogP contribution < -0.4 is 0 Å². The van der Waals surface area contributed by atoms with Gasteiger partial charge in [-0.15, -0.1) is 0 Å². The summed E-state index contributed by atoms with van der Waals surface area (Å²) in [5.41, 5.74) is 0.0138. The molecule has 4 aliphatic rings. The third-order valence-corrected chi connectivity index (χ3v) is 8.76. The molecule has 0 aliphatic heterocycles. The van der Waals surface area contributed by atoms with Gasteiger partial charge in [0, 0.05) is 17.8 Å². The Bertz CT molecular complexity index is 538. The van der Waals surface area contributed by atoms with E-state index in [1.165, 1.54) is 32.1 Å². The Kier molecular flexibility index (Phi) is 3.56. The van der Waals surface area contributed by atoms with Crippen LogP contribution in [0.4, 0.5) is 0 Å². The molecule has 4 fully saturated rings. The van der Waals surface area contributed by atoms with Crippen molar-refractivity contribution in [3.8, 4) is 0 Å². The molecule has 1 unspecified atom stereocenters. The maximum atomic E-state index is 13.2. The van der Waals surface area contributed by atoms with Crippen LogP contribution in [0, 0.1) is 46.8 Å². The van der Waals surface area contributed by atoms with Gasteiger partial charge in [0.05, 0.1) is 0 Å². The summed E-state index contributed by atoms with van der Waals surface area (Å²) in [5.74, 6) is 3.16. The largest absolute Gasteiger partial charge is 0.300 e. The Morgan fingerprint density at radius 2 is 1.91 bits per heavy atom. The van der Waals surface area contributed by atoms with Crippen LogP contribution >= 0.6 is 0 Å². The molecule has 2 heteroatoms. The van der Waals surface area contributed by atoms with Crippen molar-refractivity contribution in [3.63, 3.8) is 0 Å². The number of Topliss-reactive ketones (excluding diaryl/α,β-unsaturated/α-hetero) is 2. The molecule has 0 bridgehead atoms. The lowest BCUT2D eigenvalue weighted by atomic mass is 9.44. The topological polar surface area (TPSA) is 34.1 Å². The molecular weight excluding hydrogens is 284 g/mol. The van der Waals surface area contributed by atoms with E-state index in [0.29, 0.717) is 29.0 Å². The van der Waals surface area contributed by atoms with Crippen LogP contribution in [0.5, 0.6) is 0 Å². The van der Waals surface area contributed by atoms with Gasteiger partial charge in [0.1, 0.15) is 11.6 Å². The van der Waals surface area contributed by atoms with Crippen molar-refractivity contribution in [1.29, 1.82) is 0 Å². The van der Waals surface area contributed by atoms with E-state index in [0.717, 1.165) is 25.2 Å². The molecule has 0 N–H and O–H groups in total. The molecule has 127 valence electrons. The van der Waals surface area contributed by atoms with E-state index < -0.39 is 0 Å². The zero-order valence-electron chi connectivity index (χ0n) is 14.9. The third-order valence-electron chi connectivity index (χ3n) is 8.76. The molecule has 7 atom stereocenters. The highest BCUT2D eigenvalue weighted by atomic mass is 16.1. The number of hydrogen-bond donors (Lipinski definition) is 0. The fraction of sp³-hybridized carbons (Fsp3) is 0.857. The van der Waals surface area contributed by atoms with Gasteiger partial charge in [0.2, 0.25) is 0 Å². The number of carbonyl (C=O) groups excluding carboxylic acids is 2. The molecule has 0 spiro atoms. The lowest BCUT2D eigenvalue weighted by molar-refractivity contribution is -0.157. The first-order valence-corrected chi connectivity index (χ1v) is 9.74. The second kappa shape index (κ2) is 5.17. The molecule has 0 amide bonds. The summed E-state index contributed by atoms with van der Waals surface area (Å²) in [5, 5.41) is 0. The molecule has 4 rings (SSSR count). The minimum atomic E-state index is -0.350. The standard InChI is InChI=1S/C21H31O2/c1-13(22)16-9-10-17-15-8-7-14-6-4-5-11-20(14,2)18(15)12-19(23)21(16,17)3/h4,14-18H,5-12H2,1-3H3/t14?,15-,16+,17-,18-,20-,21+/m0/s1. The molecule has 4 aliphatic carbocycles. The SMILES string of the molecule is CC(=O)[C@H]1CC[C@H]2[C@@H]3CCC4C[CH]CC[C@]4(C)[C@H]3CC(=O)[C@]12C. The quantitative estimate of drug-likeness (QED) is 0.707. The highest BCUT2D eigenvalue weighted by Gasteiger charge is 2.63. The van der Waals surface area contributed by atoms with Crippen molar-refractivity contribution in [1.82, 2.24) is 0 Å². The molecule has 4 saturated carbocycles. The average Bonchev–Trinajstić information content (AvgIpc) is 2.87. The predicted octanol–water partition coefficient (Wildman–Crippen LogP) is 4.62. The van der Waals surface area contributed by atoms with Gasteiger partial charge < -0.3 is 0 Å². The van der Waals surface area contributed by atoms with Crippen molar-refractivity contribution in [2.45, 2.75) is 72.1 Å². The van der Waals surface area contributed by atoms with Gasteiger partial charge in [0.15, 0.2) is 0 Å². The van der Waals surface area contributed by atoms with Crippen LogP contribution in [-0.4, -0.2) is 11.6 Å². The van der Waals surface area contributed by atoms with E-state index in [9.17, 15) is 9.59 Å². The Hall–Kier alpha value is -0.660. The summed E-state index contributed by atoms with van der Waals surface area (Å²) in [7, 11) is 0. The fourth-order valence-electron chi connectivity index (χ4n) is 7.40. The van der Waals surface area contributed by atoms with Gasteiger partial charge in [-0.3, -0.25) is 9.59 Å². The molecule has 2 nitrogen and oxygen atoms in total. The maximum Gasteiger partial charge on any atom is 0.140 e. The molecular formula is C21H31O2. The van der Waals surface area contributed by atoms with Gasteiger partial charge >= 0.3 is 0 Å². The van der Waals surface area contributed by atoms with E-state index in [2.05, 4.69) is 20.3 Å². The Balaban J connectivity index is 1.70. The molecule has 23 heavy (non-hydrogen) atoms. The van der Waals surface area contributed by atoms with Gasteiger partial charge in [-0.1, -0.05) is 13.8 Å². The smallest absolute Gasteiger partial charge is 0.140 e. The van der Waals surface area contributed by atoms with E-state index in [4.69, 9.17) is 0 Å². The highest BCUT2D eigenvalue weighted by Crippen LogP contribution is 2.66. The zero-order chi connectivity index (χ0) is 16.4. The summed E-state index contributed by atoms with van der Waals surface area (Å²) in [6.45, 7) is 6.32. The van der Waals surface area contributed by atoms with Gasteiger partial charge in [-0.2, -0.15) is 0 Å². The Morgan fingerprint density at radius 3 is 2.65 bits per heavy atom. The van der Waals surface area contributed by atoms with Crippen LogP contribution in [0.25, 0.3) is 0 Å². The van der Waals surface area contributed by atoms with Gasteiger partial charge in [-0.25, -0.2) is 0 Å². The average molecular weight is 315 g/mol. The van der Waals surface area contributed by atoms with E-state index in [1.807, 2.05) is 0 Å². The van der Waals surface area contributed by atoms with Crippen LogP contribution in [0.15, 0.2) is 0 Å². The van der Waals surface area contributed by atoms with Crippen molar-refractivity contribution >= 4 is 11.6 Å². The van der Waals surface area contributed by atoms with Crippen molar-refractivity contribution < 1.29 is 9.59 Å². The second-order valence-electron chi connectivity index (χ2n) is 9.37. The van der Waals surface area contributed by atoms with Crippen molar-refractivity contribution in [2.24, 2.45) is 40.4 Å². The molecule has 0 saturated heterocycles. The molecule has 0 aromatic carbocycles. The number of fused-ring (bicyclic) bond motifs is 5. The molecule has 0 aromatic heterocycles. The van der Waals surface area contributed by atoms with Crippen LogP contribution in [-0.2, 0) is 9.59 Å². The first kappa shape index (κ1) is 15.8. The summed E-state index contributed by atoms with van der Waals surface area (Å²) < 4.78 is 0. The summed E-state index contributed by atoms with van der Waals surface area (Å²) in [6, 6.07) is 0. The van der Waals surface area contributed by atoms with Crippen molar-refractivity contribution in [2.75, 3.05) is 0 Å².